The van der Waals surface area contributed by atoms with Crippen LogP contribution in [0.25, 0.3) is 10.8 Å². The lowest BCUT2D eigenvalue weighted by Crippen LogP contribution is -3.00. The van der Waals surface area contributed by atoms with Gasteiger partial charge in [-0.25, -0.2) is 0 Å². The van der Waals surface area contributed by atoms with Crippen LogP contribution in [-0.4, -0.2) is 43.5 Å². The van der Waals surface area contributed by atoms with E-state index in [9.17, 15) is 5.26 Å². The normalized spacial score (nSPS) is 13.6. The molecule has 0 spiro atoms. The topological polar surface area (TPSA) is 90.7 Å². The second-order valence-corrected chi connectivity index (χ2v) is 7.32. The first-order valence-electron chi connectivity index (χ1n) is 9.50. The molecule has 1 aliphatic rings. The molecule has 0 radical (unpaired) electrons. The number of anilines is 1. The van der Waals surface area contributed by atoms with E-state index in [-0.39, 0.29) is 12.4 Å². The van der Waals surface area contributed by atoms with Crippen LogP contribution in [0, 0.1) is 11.3 Å². The van der Waals surface area contributed by atoms with Crippen molar-refractivity contribution in [1.82, 2.24) is 15.5 Å². The highest BCUT2D eigenvalue weighted by molar-refractivity contribution is 6.32. The predicted octanol–water partition coefficient (Wildman–Crippen LogP) is -1.03. The van der Waals surface area contributed by atoms with Crippen LogP contribution in [-0.2, 0) is 6.54 Å². The van der Waals surface area contributed by atoms with Crippen molar-refractivity contribution < 1.29 is 22.5 Å². The van der Waals surface area contributed by atoms with Gasteiger partial charge in [-0.05, 0) is 30.3 Å². The van der Waals surface area contributed by atoms with Gasteiger partial charge in [0.2, 0.25) is 0 Å². The number of rotatable bonds is 5. The van der Waals surface area contributed by atoms with Crippen molar-refractivity contribution in [1.29, 1.82) is 5.26 Å². The van der Waals surface area contributed by atoms with Crippen molar-refractivity contribution in [2.75, 3.05) is 38.2 Å². The highest BCUT2D eigenvalue weighted by Crippen LogP contribution is 2.30. The van der Waals surface area contributed by atoms with E-state index in [2.05, 4.69) is 26.5 Å². The number of halogens is 2. The van der Waals surface area contributed by atoms with Crippen LogP contribution in [0.15, 0.2) is 36.5 Å². The monoisotopic (exact) mass is 444 g/mol. The number of nitrogens with zero attached hydrogens (tertiary/aromatic N) is 4. The summed E-state index contributed by atoms with van der Waals surface area (Å²) in [5.41, 5.74) is 2.71. The Labute approximate surface area is 186 Å². The lowest BCUT2D eigenvalue weighted by molar-refractivity contribution is -0.591. The number of benzene rings is 2. The van der Waals surface area contributed by atoms with E-state index >= 15 is 0 Å². The molecule has 0 aliphatic carbocycles. The Kier molecular flexibility index (Phi) is 7.29. The molecule has 2 aromatic carbocycles. The molecule has 0 saturated carbocycles. The van der Waals surface area contributed by atoms with E-state index in [4.69, 9.17) is 16.3 Å². The largest absolute Gasteiger partial charge is 1.00 e. The fourth-order valence-electron chi connectivity index (χ4n) is 3.62. The lowest BCUT2D eigenvalue weighted by Gasteiger charge is -2.30. The molecule has 7 nitrogen and oxygen atoms in total. The maximum absolute atomic E-state index is 9.54. The second kappa shape index (κ2) is 9.92. The molecule has 0 bridgehead atoms. The van der Waals surface area contributed by atoms with Crippen LogP contribution in [0.2, 0.25) is 5.02 Å². The smallest absolute Gasteiger partial charge is 0.252 e. The average molecular weight is 445 g/mol. The van der Waals surface area contributed by atoms with Crippen molar-refractivity contribution >= 4 is 33.9 Å². The Morgan fingerprint density at radius 1 is 1.23 bits per heavy atom. The SMILES string of the molecule is COc1ccc(C[NH2+]c2nncc3c(N4CCNCC4)cc(C#N)cc23)cc1Cl.[Cl-]. The molecule has 0 amide bonds. The minimum atomic E-state index is 0. The Morgan fingerprint density at radius 2 is 2.03 bits per heavy atom. The average Bonchev–Trinajstić information content (AvgIpc) is 2.77. The molecule has 1 aromatic heterocycles. The summed E-state index contributed by atoms with van der Waals surface area (Å²) in [6.45, 7) is 4.30. The lowest BCUT2D eigenvalue weighted by atomic mass is 10.1. The number of fused-ring (bicyclic) bond motifs is 1. The summed E-state index contributed by atoms with van der Waals surface area (Å²) >= 11 is 6.24. The van der Waals surface area contributed by atoms with E-state index < -0.39 is 0 Å². The number of quaternary nitrogens is 1. The van der Waals surface area contributed by atoms with Crippen molar-refractivity contribution in [2.45, 2.75) is 6.54 Å². The summed E-state index contributed by atoms with van der Waals surface area (Å²) in [6.07, 6.45) is 1.79. The van der Waals surface area contributed by atoms with Gasteiger partial charge in [-0.3, -0.25) is 5.32 Å². The molecule has 2 heterocycles. The Balaban J connectivity index is 0.00000256. The molecule has 9 heteroatoms. The van der Waals surface area contributed by atoms with Crippen LogP contribution in [0.3, 0.4) is 0 Å². The summed E-state index contributed by atoms with van der Waals surface area (Å²) in [5.74, 6) is 1.42. The highest BCUT2D eigenvalue weighted by atomic mass is 35.5. The van der Waals surface area contributed by atoms with Crippen LogP contribution >= 0.6 is 11.6 Å². The van der Waals surface area contributed by atoms with Gasteiger partial charge in [0, 0.05) is 42.8 Å². The van der Waals surface area contributed by atoms with E-state index in [1.807, 2.05) is 35.6 Å². The number of nitriles is 1. The first kappa shape index (κ1) is 22.1. The zero-order chi connectivity index (χ0) is 20.2. The van der Waals surface area contributed by atoms with Crippen LogP contribution < -0.4 is 32.7 Å². The maximum Gasteiger partial charge on any atom is 0.252 e. The maximum atomic E-state index is 9.54. The van der Waals surface area contributed by atoms with E-state index in [0.717, 1.165) is 54.0 Å². The Morgan fingerprint density at radius 3 is 2.73 bits per heavy atom. The third-order valence-corrected chi connectivity index (χ3v) is 5.42. The number of hydrogen-bond acceptors (Lipinski definition) is 6. The zero-order valence-corrected chi connectivity index (χ0v) is 18.0. The van der Waals surface area contributed by atoms with Gasteiger partial charge in [-0.2, -0.15) is 10.4 Å². The molecule has 30 heavy (non-hydrogen) atoms. The fraction of sp³-hybridized carbons (Fsp3) is 0.286. The van der Waals surface area contributed by atoms with Gasteiger partial charge < -0.3 is 27.4 Å². The molecule has 156 valence electrons. The van der Waals surface area contributed by atoms with Crippen LogP contribution in [0.1, 0.15) is 11.1 Å². The standard InChI is InChI=1S/C21H21ClN6O.ClH/c1-29-20-3-2-14(9-18(20)22)12-25-21-16-8-15(11-23)10-19(17(16)13-26-27-21)28-6-4-24-5-7-28;/h2-3,8-10,13,24H,4-7,12H2,1H3,(H,25,27);1H. The summed E-state index contributed by atoms with van der Waals surface area (Å²) in [7, 11) is 1.60. The zero-order valence-electron chi connectivity index (χ0n) is 16.5. The first-order chi connectivity index (χ1) is 14.2. The number of nitrogens with two attached hydrogens (primary N) is 1. The number of hydrogen-bond donors (Lipinski definition) is 2. The minimum absolute atomic E-state index is 0. The molecule has 4 rings (SSSR count). The first-order valence-corrected chi connectivity index (χ1v) is 9.88. The van der Waals surface area contributed by atoms with E-state index in [1.54, 1.807) is 13.3 Å². The molecule has 1 aliphatic heterocycles. The number of piperazine rings is 1. The quantitative estimate of drug-likeness (QED) is 0.522. The second-order valence-electron chi connectivity index (χ2n) is 6.91. The number of methoxy groups -OCH3 is 1. The molecular formula is C21H22Cl2N6O. The fourth-order valence-corrected chi connectivity index (χ4v) is 3.90. The summed E-state index contributed by atoms with van der Waals surface area (Å²) in [6, 6.07) is 11.8. The number of nitrogens with one attached hydrogen (secondary N) is 1. The van der Waals surface area contributed by atoms with Gasteiger partial charge in [0.1, 0.15) is 12.3 Å². The third kappa shape index (κ3) is 4.58. The third-order valence-electron chi connectivity index (χ3n) is 5.12. The van der Waals surface area contributed by atoms with Gasteiger partial charge >= 0.3 is 0 Å². The molecule has 0 unspecified atom stereocenters. The molecule has 0 atom stereocenters. The van der Waals surface area contributed by atoms with Crippen molar-refractivity contribution in [3.8, 4) is 11.8 Å². The van der Waals surface area contributed by atoms with Gasteiger partial charge in [-0.1, -0.05) is 16.7 Å². The highest BCUT2D eigenvalue weighted by Gasteiger charge is 2.18. The van der Waals surface area contributed by atoms with E-state index in [0.29, 0.717) is 22.9 Å². The number of ether oxygens (including phenoxy) is 1. The van der Waals surface area contributed by atoms with Gasteiger partial charge in [0.25, 0.3) is 5.82 Å². The Bertz CT molecular complexity index is 1080. The van der Waals surface area contributed by atoms with Crippen LogP contribution in [0.5, 0.6) is 5.75 Å². The van der Waals surface area contributed by atoms with Crippen molar-refractivity contribution in [2.24, 2.45) is 0 Å². The summed E-state index contributed by atoms with van der Waals surface area (Å²) in [4.78, 5) is 2.30. The predicted molar refractivity (Wildman–Crippen MR) is 113 cm³/mol. The Hall–Kier alpha value is -2.63. The van der Waals surface area contributed by atoms with Gasteiger partial charge in [0.05, 0.1) is 35.3 Å². The molecule has 1 fully saturated rings. The van der Waals surface area contributed by atoms with Gasteiger partial charge in [-0.15, -0.1) is 0 Å². The van der Waals surface area contributed by atoms with E-state index in [1.165, 1.54) is 0 Å². The summed E-state index contributed by atoms with van der Waals surface area (Å²) < 4.78 is 5.21. The molecule has 3 aromatic rings. The number of aromatic nitrogens is 2. The molecular weight excluding hydrogens is 423 g/mol. The minimum Gasteiger partial charge on any atom is -1.00 e. The van der Waals surface area contributed by atoms with Crippen molar-refractivity contribution in [3.63, 3.8) is 0 Å². The molecule has 1 saturated heterocycles. The van der Waals surface area contributed by atoms with Crippen LogP contribution in [0.4, 0.5) is 11.5 Å². The molecule has 3 N–H and O–H groups in total. The summed E-state index contributed by atoms with van der Waals surface area (Å²) in [5, 5.41) is 26.0. The van der Waals surface area contributed by atoms with Crippen molar-refractivity contribution in [3.05, 3.63) is 52.7 Å². The van der Waals surface area contributed by atoms with Gasteiger partial charge in [0.15, 0.2) is 0 Å².